The Bertz CT molecular complexity index is 397. The molecule has 0 atom stereocenters. The summed E-state index contributed by atoms with van der Waals surface area (Å²) in [6, 6.07) is 6.40. The van der Waals surface area contributed by atoms with Gasteiger partial charge in [0.1, 0.15) is 5.75 Å². The van der Waals surface area contributed by atoms with Gasteiger partial charge < -0.3 is 15.2 Å². The minimum Gasteiger partial charge on any atom is -0.496 e. The van der Waals surface area contributed by atoms with E-state index in [1.54, 1.807) is 7.11 Å². The van der Waals surface area contributed by atoms with Crippen molar-refractivity contribution in [3.8, 4) is 5.75 Å². The highest BCUT2D eigenvalue weighted by Gasteiger charge is 2.29. The zero-order chi connectivity index (χ0) is 13.0. The molecule has 1 aliphatic rings. The van der Waals surface area contributed by atoms with Crippen LogP contribution in [0.4, 0.5) is 0 Å². The van der Waals surface area contributed by atoms with Gasteiger partial charge >= 0.3 is 0 Å². The predicted octanol–water partition coefficient (Wildman–Crippen LogP) is 2.31. The van der Waals surface area contributed by atoms with Gasteiger partial charge in [0.25, 0.3) is 0 Å². The Morgan fingerprint density at radius 3 is 2.67 bits per heavy atom. The van der Waals surface area contributed by atoms with E-state index < -0.39 is 0 Å². The highest BCUT2D eigenvalue weighted by atomic mass is 16.5. The summed E-state index contributed by atoms with van der Waals surface area (Å²) in [6.07, 6.45) is 3.75. The summed E-state index contributed by atoms with van der Waals surface area (Å²) in [7, 11) is 1.72. The lowest BCUT2D eigenvalue weighted by atomic mass is 9.84. The number of hydrogen-bond donors (Lipinski definition) is 1. The second-order valence-electron chi connectivity index (χ2n) is 5.15. The molecule has 0 aromatic heterocycles. The van der Waals surface area contributed by atoms with Gasteiger partial charge in [0, 0.05) is 18.8 Å². The van der Waals surface area contributed by atoms with Gasteiger partial charge in [-0.2, -0.15) is 0 Å². The summed E-state index contributed by atoms with van der Waals surface area (Å²) in [5.74, 6) is 0.948. The molecule has 18 heavy (non-hydrogen) atoms. The van der Waals surface area contributed by atoms with E-state index in [0.717, 1.165) is 44.6 Å². The third kappa shape index (κ3) is 3.03. The molecular weight excluding hydrogens is 226 g/mol. The SMILES string of the molecule is CCc1ccc(OC)c(CC2(N)CCOCC2)c1. The molecule has 1 fully saturated rings. The summed E-state index contributed by atoms with van der Waals surface area (Å²) in [6.45, 7) is 3.71. The van der Waals surface area contributed by atoms with Crippen molar-refractivity contribution >= 4 is 0 Å². The first kappa shape index (κ1) is 13.4. The molecule has 0 saturated carbocycles. The normalized spacial score (nSPS) is 18.6. The Labute approximate surface area is 109 Å². The Hall–Kier alpha value is -1.06. The van der Waals surface area contributed by atoms with Gasteiger partial charge in [0.2, 0.25) is 0 Å². The zero-order valence-corrected chi connectivity index (χ0v) is 11.4. The average molecular weight is 249 g/mol. The van der Waals surface area contributed by atoms with E-state index in [9.17, 15) is 0 Å². The van der Waals surface area contributed by atoms with Crippen molar-refractivity contribution in [2.24, 2.45) is 5.73 Å². The number of benzene rings is 1. The fraction of sp³-hybridized carbons (Fsp3) is 0.600. The highest BCUT2D eigenvalue weighted by Crippen LogP contribution is 2.28. The third-order valence-electron chi connectivity index (χ3n) is 3.78. The first-order chi connectivity index (χ1) is 8.67. The van der Waals surface area contributed by atoms with Crippen LogP contribution in [0.15, 0.2) is 18.2 Å². The maximum atomic E-state index is 6.47. The minimum atomic E-state index is -0.141. The summed E-state index contributed by atoms with van der Waals surface area (Å²) in [5, 5.41) is 0. The van der Waals surface area contributed by atoms with Crippen LogP contribution in [-0.4, -0.2) is 25.9 Å². The molecule has 0 aliphatic carbocycles. The molecule has 1 aromatic rings. The standard InChI is InChI=1S/C15H23NO2/c1-3-12-4-5-14(17-2)13(10-12)11-15(16)6-8-18-9-7-15/h4-5,10H,3,6-9,11,16H2,1-2H3. The van der Waals surface area contributed by atoms with Crippen molar-refractivity contribution < 1.29 is 9.47 Å². The molecular formula is C15H23NO2. The Morgan fingerprint density at radius 1 is 1.33 bits per heavy atom. The van der Waals surface area contributed by atoms with E-state index >= 15 is 0 Å². The lowest BCUT2D eigenvalue weighted by Crippen LogP contribution is -2.47. The fourth-order valence-electron chi connectivity index (χ4n) is 2.52. The molecule has 0 spiro atoms. The summed E-state index contributed by atoms with van der Waals surface area (Å²) >= 11 is 0. The molecule has 1 aliphatic heterocycles. The van der Waals surface area contributed by atoms with Crippen LogP contribution in [0.3, 0.4) is 0 Å². The van der Waals surface area contributed by atoms with Crippen LogP contribution >= 0.6 is 0 Å². The quantitative estimate of drug-likeness (QED) is 0.890. The van der Waals surface area contributed by atoms with Gasteiger partial charge in [-0.05, 0) is 42.9 Å². The van der Waals surface area contributed by atoms with Crippen molar-refractivity contribution in [1.82, 2.24) is 0 Å². The molecule has 1 aromatic carbocycles. The number of rotatable bonds is 4. The number of nitrogens with two attached hydrogens (primary N) is 1. The molecule has 0 radical (unpaired) electrons. The maximum absolute atomic E-state index is 6.47. The molecule has 0 bridgehead atoms. The van der Waals surface area contributed by atoms with Crippen molar-refractivity contribution in [2.75, 3.05) is 20.3 Å². The number of aryl methyl sites for hydroxylation is 1. The lowest BCUT2D eigenvalue weighted by molar-refractivity contribution is 0.0531. The van der Waals surface area contributed by atoms with E-state index in [-0.39, 0.29) is 5.54 Å². The van der Waals surface area contributed by atoms with Crippen LogP contribution in [0.2, 0.25) is 0 Å². The van der Waals surface area contributed by atoms with Gasteiger partial charge in [-0.3, -0.25) is 0 Å². The Balaban J connectivity index is 2.20. The molecule has 3 heteroatoms. The number of hydrogen-bond acceptors (Lipinski definition) is 3. The van der Waals surface area contributed by atoms with E-state index in [1.807, 2.05) is 0 Å². The summed E-state index contributed by atoms with van der Waals surface area (Å²) < 4.78 is 10.8. The molecule has 1 heterocycles. The number of methoxy groups -OCH3 is 1. The molecule has 2 rings (SSSR count). The number of ether oxygens (including phenoxy) is 2. The average Bonchev–Trinajstić information content (AvgIpc) is 2.39. The first-order valence-corrected chi connectivity index (χ1v) is 6.69. The van der Waals surface area contributed by atoms with Crippen molar-refractivity contribution in [1.29, 1.82) is 0 Å². The minimum absolute atomic E-state index is 0.141. The van der Waals surface area contributed by atoms with Gasteiger partial charge in [0.15, 0.2) is 0 Å². The van der Waals surface area contributed by atoms with Crippen LogP contribution in [0, 0.1) is 0 Å². The van der Waals surface area contributed by atoms with Gasteiger partial charge in [-0.1, -0.05) is 19.1 Å². The molecule has 0 amide bonds. The third-order valence-corrected chi connectivity index (χ3v) is 3.78. The van der Waals surface area contributed by atoms with Crippen LogP contribution < -0.4 is 10.5 Å². The summed E-state index contributed by atoms with van der Waals surface area (Å²) in [4.78, 5) is 0. The van der Waals surface area contributed by atoms with E-state index in [2.05, 4.69) is 25.1 Å². The predicted molar refractivity (Wildman–Crippen MR) is 73.0 cm³/mol. The lowest BCUT2D eigenvalue weighted by Gasteiger charge is -2.34. The van der Waals surface area contributed by atoms with Crippen molar-refractivity contribution in [3.63, 3.8) is 0 Å². The molecule has 100 valence electrons. The second kappa shape index (κ2) is 5.72. The van der Waals surface area contributed by atoms with Crippen LogP contribution in [0.25, 0.3) is 0 Å². The monoisotopic (exact) mass is 249 g/mol. The second-order valence-corrected chi connectivity index (χ2v) is 5.15. The fourth-order valence-corrected chi connectivity index (χ4v) is 2.52. The maximum Gasteiger partial charge on any atom is 0.122 e. The Morgan fingerprint density at radius 2 is 2.06 bits per heavy atom. The summed E-state index contributed by atoms with van der Waals surface area (Å²) in [5.41, 5.74) is 8.89. The smallest absolute Gasteiger partial charge is 0.122 e. The Kier molecular flexibility index (Phi) is 4.25. The van der Waals surface area contributed by atoms with Crippen LogP contribution in [-0.2, 0) is 17.6 Å². The van der Waals surface area contributed by atoms with Crippen molar-refractivity contribution in [2.45, 2.75) is 38.1 Å². The van der Waals surface area contributed by atoms with Crippen molar-refractivity contribution in [3.05, 3.63) is 29.3 Å². The molecule has 1 saturated heterocycles. The highest BCUT2D eigenvalue weighted by molar-refractivity contribution is 5.38. The van der Waals surface area contributed by atoms with Crippen LogP contribution in [0.1, 0.15) is 30.9 Å². The van der Waals surface area contributed by atoms with E-state index in [0.29, 0.717) is 0 Å². The van der Waals surface area contributed by atoms with E-state index in [1.165, 1.54) is 11.1 Å². The van der Waals surface area contributed by atoms with Gasteiger partial charge in [-0.15, -0.1) is 0 Å². The molecule has 2 N–H and O–H groups in total. The van der Waals surface area contributed by atoms with Crippen LogP contribution in [0.5, 0.6) is 5.75 Å². The van der Waals surface area contributed by atoms with Gasteiger partial charge in [-0.25, -0.2) is 0 Å². The molecule has 0 unspecified atom stereocenters. The van der Waals surface area contributed by atoms with Gasteiger partial charge in [0.05, 0.1) is 7.11 Å². The first-order valence-electron chi connectivity index (χ1n) is 6.69. The zero-order valence-electron chi connectivity index (χ0n) is 11.4. The van der Waals surface area contributed by atoms with E-state index in [4.69, 9.17) is 15.2 Å². The molecule has 3 nitrogen and oxygen atoms in total. The topological polar surface area (TPSA) is 44.5 Å². The largest absolute Gasteiger partial charge is 0.496 e.